The standard InChI is InChI=1S/C38H36O10/c1-22-5-13-26(14-6-22)34(39)44-21-30-31(46-35(40)27-15-7-23(2)8-16-27)32(47-36(41)28-17-9-24(3)10-18-28)33(38(43)45-30)48-37(42)29-19-11-25(4)12-20-29/h5-20,30-33,38,43H,21H2,1-4H3/t30-,31-,32+,33-,38+/m0/s1. The molecule has 4 aromatic carbocycles. The fraction of sp³-hybridized carbons (Fsp3) is 0.263. The van der Waals surface area contributed by atoms with Crippen molar-refractivity contribution in [2.75, 3.05) is 6.61 Å². The van der Waals surface area contributed by atoms with Crippen molar-refractivity contribution >= 4 is 23.9 Å². The minimum Gasteiger partial charge on any atom is -0.459 e. The molecule has 1 heterocycles. The van der Waals surface area contributed by atoms with Gasteiger partial charge in [-0.05, 0) is 76.2 Å². The van der Waals surface area contributed by atoms with Crippen LogP contribution in [0, 0.1) is 27.7 Å². The van der Waals surface area contributed by atoms with Gasteiger partial charge < -0.3 is 28.8 Å². The topological polar surface area (TPSA) is 135 Å². The van der Waals surface area contributed by atoms with Gasteiger partial charge in [0.15, 0.2) is 24.6 Å². The van der Waals surface area contributed by atoms with Gasteiger partial charge in [0, 0.05) is 0 Å². The smallest absolute Gasteiger partial charge is 0.338 e. The van der Waals surface area contributed by atoms with Gasteiger partial charge in [-0.3, -0.25) is 0 Å². The largest absolute Gasteiger partial charge is 0.459 e. The molecule has 0 radical (unpaired) electrons. The first-order valence-corrected chi connectivity index (χ1v) is 15.4. The van der Waals surface area contributed by atoms with E-state index >= 15 is 0 Å². The van der Waals surface area contributed by atoms with Crippen molar-refractivity contribution in [1.82, 2.24) is 0 Å². The van der Waals surface area contributed by atoms with Crippen LogP contribution in [0.2, 0.25) is 0 Å². The van der Waals surface area contributed by atoms with E-state index in [1.54, 1.807) is 97.1 Å². The molecule has 1 N–H and O–H groups in total. The van der Waals surface area contributed by atoms with Crippen molar-refractivity contribution < 1.29 is 48.0 Å². The maximum atomic E-state index is 13.5. The Morgan fingerprint density at radius 1 is 0.500 bits per heavy atom. The zero-order valence-electron chi connectivity index (χ0n) is 27.0. The molecule has 1 saturated heterocycles. The van der Waals surface area contributed by atoms with Gasteiger partial charge >= 0.3 is 23.9 Å². The quantitative estimate of drug-likeness (QED) is 0.183. The monoisotopic (exact) mass is 652 g/mol. The predicted octanol–water partition coefficient (Wildman–Crippen LogP) is 5.47. The Kier molecular flexibility index (Phi) is 10.7. The van der Waals surface area contributed by atoms with E-state index in [1.807, 2.05) is 27.7 Å². The maximum absolute atomic E-state index is 13.5. The summed E-state index contributed by atoms with van der Waals surface area (Å²) < 4.78 is 28.8. The molecule has 4 aromatic rings. The first kappa shape index (κ1) is 34.0. The minimum absolute atomic E-state index is 0.163. The lowest BCUT2D eigenvalue weighted by Gasteiger charge is -2.42. The highest BCUT2D eigenvalue weighted by atomic mass is 16.7. The Hall–Kier alpha value is -5.32. The molecule has 0 saturated carbocycles. The van der Waals surface area contributed by atoms with Crippen LogP contribution in [0.5, 0.6) is 0 Å². The number of ether oxygens (including phenoxy) is 5. The Morgan fingerprint density at radius 2 is 0.812 bits per heavy atom. The molecule has 5 atom stereocenters. The number of aryl methyl sites for hydroxylation is 4. The second-order valence-electron chi connectivity index (χ2n) is 11.7. The van der Waals surface area contributed by atoms with E-state index in [1.165, 1.54) is 0 Å². The predicted molar refractivity (Wildman–Crippen MR) is 173 cm³/mol. The summed E-state index contributed by atoms with van der Waals surface area (Å²) in [6.45, 7) is 6.94. The SMILES string of the molecule is Cc1ccc(C(=O)OC[C@@H]2O[C@@H](O)[C@@H](OC(=O)c3ccc(C)cc3)[C@H](OC(=O)c3ccc(C)cc3)[C@H]2OC(=O)c2ccc(C)cc2)cc1. The highest BCUT2D eigenvalue weighted by Gasteiger charge is 2.52. The zero-order chi connectivity index (χ0) is 34.4. The molecule has 0 spiro atoms. The molecule has 10 heteroatoms. The summed E-state index contributed by atoms with van der Waals surface area (Å²) in [4.78, 5) is 53.1. The van der Waals surface area contributed by atoms with E-state index in [2.05, 4.69) is 0 Å². The first-order chi connectivity index (χ1) is 23.0. The Morgan fingerprint density at radius 3 is 1.19 bits per heavy atom. The van der Waals surface area contributed by atoms with Gasteiger partial charge in [0.2, 0.25) is 0 Å². The number of carbonyl (C=O) groups excluding carboxylic acids is 4. The van der Waals surface area contributed by atoms with Crippen molar-refractivity contribution in [2.24, 2.45) is 0 Å². The van der Waals surface area contributed by atoms with Gasteiger partial charge in [-0.25, -0.2) is 19.2 Å². The van der Waals surface area contributed by atoms with E-state index < -0.39 is 61.2 Å². The average Bonchev–Trinajstić information content (AvgIpc) is 3.07. The van der Waals surface area contributed by atoms with E-state index in [-0.39, 0.29) is 22.3 Å². The second-order valence-corrected chi connectivity index (χ2v) is 11.7. The van der Waals surface area contributed by atoms with Crippen LogP contribution in [0.4, 0.5) is 0 Å². The summed E-state index contributed by atoms with van der Waals surface area (Å²) in [7, 11) is 0. The number of benzene rings is 4. The lowest BCUT2D eigenvalue weighted by atomic mass is 9.97. The summed E-state index contributed by atoms with van der Waals surface area (Å²) >= 11 is 0. The molecule has 1 aliphatic rings. The number of aliphatic hydroxyl groups is 1. The van der Waals surface area contributed by atoms with Crippen LogP contribution in [0.15, 0.2) is 97.1 Å². The van der Waals surface area contributed by atoms with Crippen molar-refractivity contribution in [3.63, 3.8) is 0 Å². The van der Waals surface area contributed by atoms with Crippen LogP contribution in [0.3, 0.4) is 0 Å². The third-order valence-corrected chi connectivity index (χ3v) is 7.87. The van der Waals surface area contributed by atoms with Crippen LogP contribution in [0.1, 0.15) is 63.7 Å². The van der Waals surface area contributed by atoms with Gasteiger partial charge in [-0.2, -0.15) is 0 Å². The summed E-state index contributed by atoms with van der Waals surface area (Å²) in [5.41, 5.74) is 4.43. The minimum atomic E-state index is -1.87. The molecule has 48 heavy (non-hydrogen) atoms. The van der Waals surface area contributed by atoms with Crippen molar-refractivity contribution in [3.05, 3.63) is 142 Å². The molecular formula is C38H36O10. The van der Waals surface area contributed by atoms with Crippen LogP contribution in [-0.2, 0) is 23.7 Å². The molecule has 10 nitrogen and oxygen atoms in total. The van der Waals surface area contributed by atoms with E-state index in [4.69, 9.17) is 23.7 Å². The third kappa shape index (κ3) is 8.33. The maximum Gasteiger partial charge on any atom is 0.338 e. The summed E-state index contributed by atoms with van der Waals surface area (Å²) in [5.74, 6) is -3.18. The van der Waals surface area contributed by atoms with E-state index in [9.17, 15) is 24.3 Å². The highest BCUT2D eigenvalue weighted by Crippen LogP contribution is 2.30. The Balaban J connectivity index is 1.49. The molecule has 0 unspecified atom stereocenters. The van der Waals surface area contributed by atoms with Crippen LogP contribution in [-0.4, -0.2) is 66.3 Å². The number of aliphatic hydroxyl groups excluding tert-OH is 1. The van der Waals surface area contributed by atoms with E-state index in [0.29, 0.717) is 0 Å². The lowest BCUT2D eigenvalue weighted by molar-refractivity contribution is -0.284. The molecule has 0 aliphatic carbocycles. The average molecular weight is 653 g/mol. The summed E-state index contributed by atoms with van der Waals surface area (Å²) in [5, 5.41) is 11.2. The number of hydrogen-bond acceptors (Lipinski definition) is 10. The Bertz CT molecular complexity index is 1750. The van der Waals surface area contributed by atoms with E-state index in [0.717, 1.165) is 22.3 Å². The van der Waals surface area contributed by atoms with Crippen LogP contribution in [0.25, 0.3) is 0 Å². The lowest BCUT2D eigenvalue weighted by Crippen LogP contribution is -2.62. The number of rotatable bonds is 9. The second kappa shape index (κ2) is 15.1. The van der Waals surface area contributed by atoms with Crippen LogP contribution < -0.4 is 0 Å². The molecule has 1 aliphatic heterocycles. The molecule has 5 rings (SSSR count). The highest BCUT2D eigenvalue weighted by molar-refractivity contribution is 5.91. The number of esters is 4. The zero-order valence-corrected chi connectivity index (χ0v) is 27.0. The molecule has 0 bridgehead atoms. The van der Waals surface area contributed by atoms with Gasteiger partial charge in [0.25, 0.3) is 0 Å². The molecule has 1 fully saturated rings. The molecule has 0 aromatic heterocycles. The number of hydrogen-bond donors (Lipinski definition) is 1. The van der Waals surface area contributed by atoms with Crippen molar-refractivity contribution in [3.8, 4) is 0 Å². The summed E-state index contributed by atoms with van der Waals surface area (Å²) in [6.07, 6.45) is -7.94. The fourth-order valence-corrected chi connectivity index (χ4v) is 5.01. The van der Waals surface area contributed by atoms with Gasteiger partial charge in [0.05, 0.1) is 22.3 Å². The normalized spacial score (nSPS) is 20.3. The third-order valence-electron chi connectivity index (χ3n) is 7.87. The van der Waals surface area contributed by atoms with Gasteiger partial charge in [-0.1, -0.05) is 70.8 Å². The molecular weight excluding hydrogens is 616 g/mol. The Labute approximate surface area is 278 Å². The van der Waals surface area contributed by atoms with Crippen molar-refractivity contribution in [1.29, 1.82) is 0 Å². The fourth-order valence-electron chi connectivity index (χ4n) is 5.01. The van der Waals surface area contributed by atoms with Crippen LogP contribution >= 0.6 is 0 Å². The van der Waals surface area contributed by atoms with Crippen molar-refractivity contribution in [2.45, 2.75) is 58.4 Å². The number of carbonyl (C=O) groups is 4. The molecule has 0 amide bonds. The summed E-state index contributed by atoms with van der Waals surface area (Å²) in [6, 6.07) is 26.3. The van der Waals surface area contributed by atoms with Gasteiger partial charge in [0.1, 0.15) is 12.7 Å². The molecule has 248 valence electrons. The first-order valence-electron chi connectivity index (χ1n) is 15.4. The van der Waals surface area contributed by atoms with Gasteiger partial charge in [-0.15, -0.1) is 0 Å².